The normalized spacial score (nSPS) is 14.7. The molecule has 0 bridgehead atoms. The molecule has 2 aromatic carbocycles. The number of piperazine rings is 1. The van der Waals surface area contributed by atoms with Gasteiger partial charge in [0.1, 0.15) is 5.41 Å². The summed E-state index contributed by atoms with van der Waals surface area (Å²) in [6.45, 7) is 8.69. The van der Waals surface area contributed by atoms with Crippen molar-refractivity contribution in [3.63, 3.8) is 0 Å². The summed E-state index contributed by atoms with van der Waals surface area (Å²) >= 11 is 0. The van der Waals surface area contributed by atoms with Crippen LogP contribution >= 0.6 is 0 Å². The van der Waals surface area contributed by atoms with Crippen molar-refractivity contribution in [1.82, 2.24) is 10.2 Å². The summed E-state index contributed by atoms with van der Waals surface area (Å²) in [7, 11) is 0. The molecule has 2 aromatic rings. The SMILES string of the molecule is Cc1ccc(CNC(=O)C(C)(C)C(=O)N2CCN(c3ccccc3)CC2)cc1. The fourth-order valence-electron chi connectivity index (χ4n) is 3.41. The highest BCUT2D eigenvalue weighted by molar-refractivity contribution is 6.04. The van der Waals surface area contributed by atoms with Gasteiger partial charge in [0.15, 0.2) is 0 Å². The Labute approximate surface area is 167 Å². The number of nitrogens with one attached hydrogen (secondary N) is 1. The minimum Gasteiger partial charge on any atom is -0.368 e. The van der Waals surface area contributed by atoms with Gasteiger partial charge in [-0.05, 0) is 38.5 Å². The molecule has 28 heavy (non-hydrogen) atoms. The molecule has 0 spiro atoms. The van der Waals surface area contributed by atoms with Crippen molar-refractivity contribution in [3.05, 3.63) is 65.7 Å². The summed E-state index contributed by atoms with van der Waals surface area (Å²) in [5, 5.41) is 2.92. The van der Waals surface area contributed by atoms with Gasteiger partial charge in [0, 0.05) is 38.4 Å². The number of nitrogens with zero attached hydrogens (tertiary/aromatic N) is 2. The zero-order valence-electron chi connectivity index (χ0n) is 16.9. The van der Waals surface area contributed by atoms with Gasteiger partial charge in [0.25, 0.3) is 0 Å². The average Bonchev–Trinajstić information content (AvgIpc) is 2.73. The molecule has 1 aliphatic rings. The number of benzene rings is 2. The predicted octanol–water partition coefficient (Wildman–Crippen LogP) is 2.99. The molecule has 1 heterocycles. The third-order valence-electron chi connectivity index (χ3n) is 5.36. The van der Waals surface area contributed by atoms with E-state index in [1.165, 1.54) is 11.3 Å². The van der Waals surface area contributed by atoms with Crippen LogP contribution in [0, 0.1) is 12.3 Å². The maximum Gasteiger partial charge on any atom is 0.237 e. The van der Waals surface area contributed by atoms with E-state index in [1.54, 1.807) is 13.8 Å². The molecule has 5 nitrogen and oxygen atoms in total. The van der Waals surface area contributed by atoms with Gasteiger partial charge in [0.05, 0.1) is 0 Å². The molecule has 0 atom stereocenters. The Morgan fingerprint density at radius 3 is 2.14 bits per heavy atom. The topological polar surface area (TPSA) is 52.7 Å². The molecule has 2 amide bonds. The largest absolute Gasteiger partial charge is 0.368 e. The molecular formula is C23H29N3O2. The van der Waals surface area contributed by atoms with Gasteiger partial charge in [-0.1, -0.05) is 48.0 Å². The first-order chi connectivity index (χ1) is 13.4. The van der Waals surface area contributed by atoms with Gasteiger partial charge in [0.2, 0.25) is 11.8 Å². The number of amides is 2. The second-order valence-corrected chi connectivity index (χ2v) is 7.91. The highest BCUT2D eigenvalue weighted by Gasteiger charge is 2.39. The third kappa shape index (κ3) is 4.53. The summed E-state index contributed by atoms with van der Waals surface area (Å²) in [5.41, 5.74) is 2.29. The smallest absolute Gasteiger partial charge is 0.237 e. The lowest BCUT2D eigenvalue weighted by Gasteiger charge is -2.39. The fourth-order valence-corrected chi connectivity index (χ4v) is 3.41. The zero-order valence-corrected chi connectivity index (χ0v) is 16.9. The van der Waals surface area contributed by atoms with Crippen LogP contribution in [-0.4, -0.2) is 42.9 Å². The number of rotatable bonds is 5. The van der Waals surface area contributed by atoms with Crippen molar-refractivity contribution in [2.45, 2.75) is 27.3 Å². The van der Waals surface area contributed by atoms with E-state index in [-0.39, 0.29) is 11.8 Å². The lowest BCUT2D eigenvalue weighted by molar-refractivity contribution is -0.148. The highest BCUT2D eigenvalue weighted by Crippen LogP contribution is 2.22. The van der Waals surface area contributed by atoms with Gasteiger partial charge in [-0.25, -0.2) is 0 Å². The van der Waals surface area contributed by atoms with Crippen molar-refractivity contribution < 1.29 is 9.59 Å². The number of anilines is 1. The number of carbonyl (C=O) groups is 2. The fraction of sp³-hybridized carbons (Fsp3) is 0.391. The highest BCUT2D eigenvalue weighted by atomic mass is 16.2. The van der Waals surface area contributed by atoms with Crippen LogP contribution in [0.2, 0.25) is 0 Å². The van der Waals surface area contributed by atoms with Crippen molar-refractivity contribution in [3.8, 4) is 0 Å². The van der Waals surface area contributed by atoms with Crippen LogP contribution in [-0.2, 0) is 16.1 Å². The molecule has 3 rings (SSSR count). The van der Waals surface area contributed by atoms with Crippen LogP contribution in [0.15, 0.2) is 54.6 Å². The van der Waals surface area contributed by atoms with Gasteiger partial charge >= 0.3 is 0 Å². The summed E-state index contributed by atoms with van der Waals surface area (Å²) in [4.78, 5) is 29.8. The van der Waals surface area contributed by atoms with Crippen LogP contribution in [0.5, 0.6) is 0 Å². The maximum absolute atomic E-state index is 13.0. The van der Waals surface area contributed by atoms with E-state index >= 15 is 0 Å². The van der Waals surface area contributed by atoms with E-state index < -0.39 is 5.41 Å². The van der Waals surface area contributed by atoms with E-state index in [2.05, 4.69) is 22.3 Å². The Morgan fingerprint density at radius 1 is 0.929 bits per heavy atom. The monoisotopic (exact) mass is 379 g/mol. The first kappa shape index (κ1) is 19.9. The van der Waals surface area contributed by atoms with Crippen molar-refractivity contribution in [2.75, 3.05) is 31.1 Å². The van der Waals surface area contributed by atoms with Crippen molar-refractivity contribution in [2.24, 2.45) is 5.41 Å². The summed E-state index contributed by atoms with van der Waals surface area (Å²) in [5.74, 6) is -0.342. The van der Waals surface area contributed by atoms with E-state index in [0.29, 0.717) is 19.6 Å². The Bertz CT molecular complexity index is 808. The average molecular weight is 380 g/mol. The third-order valence-corrected chi connectivity index (χ3v) is 5.36. The predicted molar refractivity (Wildman–Crippen MR) is 112 cm³/mol. The zero-order chi connectivity index (χ0) is 20.1. The quantitative estimate of drug-likeness (QED) is 0.813. The number of hydrogen-bond donors (Lipinski definition) is 1. The van der Waals surface area contributed by atoms with Gasteiger partial charge in [-0.15, -0.1) is 0 Å². The number of carbonyl (C=O) groups excluding carboxylic acids is 2. The van der Waals surface area contributed by atoms with Gasteiger partial charge < -0.3 is 15.1 Å². The molecule has 0 saturated carbocycles. The molecule has 0 aliphatic carbocycles. The molecule has 5 heteroatoms. The summed E-state index contributed by atoms with van der Waals surface area (Å²) in [6, 6.07) is 18.2. The van der Waals surface area contributed by atoms with Crippen molar-refractivity contribution in [1.29, 1.82) is 0 Å². The van der Waals surface area contributed by atoms with Crippen LogP contribution in [0.3, 0.4) is 0 Å². The van der Waals surface area contributed by atoms with Crippen molar-refractivity contribution >= 4 is 17.5 Å². The Morgan fingerprint density at radius 2 is 1.54 bits per heavy atom. The molecule has 1 saturated heterocycles. The summed E-state index contributed by atoms with van der Waals surface area (Å²) < 4.78 is 0. The molecule has 148 valence electrons. The van der Waals surface area contributed by atoms with Gasteiger partial charge in [-0.3, -0.25) is 9.59 Å². The lowest BCUT2D eigenvalue weighted by atomic mass is 9.89. The van der Waals surface area contributed by atoms with E-state index in [9.17, 15) is 9.59 Å². The second-order valence-electron chi connectivity index (χ2n) is 7.91. The number of aryl methyl sites for hydroxylation is 1. The Hall–Kier alpha value is -2.82. The van der Waals surface area contributed by atoms with E-state index in [4.69, 9.17) is 0 Å². The minimum absolute atomic E-state index is 0.110. The first-order valence-electron chi connectivity index (χ1n) is 9.81. The second kappa shape index (κ2) is 8.46. The molecular weight excluding hydrogens is 350 g/mol. The molecule has 0 aromatic heterocycles. The maximum atomic E-state index is 13.0. The number of hydrogen-bond acceptors (Lipinski definition) is 3. The van der Waals surface area contributed by atoms with E-state index in [1.807, 2.05) is 54.3 Å². The molecule has 1 N–H and O–H groups in total. The lowest BCUT2D eigenvalue weighted by Crippen LogP contribution is -2.55. The Kier molecular flexibility index (Phi) is 6.02. The molecule has 0 radical (unpaired) electrons. The standard InChI is InChI=1S/C23H29N3O2/c1-18-9-11-19(12-10-18)17-24-21(27)23(2,3)22(28)26-15-13-25(14-16-26)20-7-5-4-6-8-20/h4-12H,13-17H2,1-3H3,(H,24,27). The molecule has 1 fully saturated rings. The molecule has 0 unspecified atom stereocenters. The summed E-state index contributed by atoms with van der Waals surface area (Å²) in [6.07, 6.45) is 0. The van der Waals surface area contributed by atoms with Crippen LogP contribution in [0.4, 0.5) is 5.69 Å². The van der Waals surface area contributed by atoms with Crippen LogP contribution in [0.1, 0.15) is 25.0 Å². The molecule has 1 aliphatic heterocycles. The van der Waals surface area contributed by atoms with Gasteiger partial charge in [-0.2, -0.15) is 0 Å². The number of para-hydroxylation sites is 1. The minimum atomic E-state index is -1.08. The Balaban J connectivity index is 1.55. The van der Waals surface area contributed by atoms with Crippen LogP contribution < -0.4 is 10.2 Å². The first-order valence-corrected chi connectivity index (χ1v) is 9.81. The van der Waals surface area contributed by atoms with E-state index in [0.717, 1.165) is 18.7 Å². The van der Waals surface area contributed by atoms with Crippen LogP contribution in [0.25, 0.3) is 0 Å².